The van der Waals surface area contributed by atoms with E-state index in [1.807, 2.05) is 0 Å². The minimum atomic E-state index is 0.877. The Morgan fingerprint density at radius 1 is 1.33 bits per heavy atom. The van der Waals surface area contributed by atoms with E-state index in [9.17, 15) is 0 Å². The molecule has 0 saturated heterocycles. The Balaban J connectivity index is 2.86. The molecule has 0 aromatic heterocycles. The van der Waals surface area contributed by atoms with Gasteiger partial charge in [0.15, 0.2) is 0 Å². The predicted molar refractivity (Wildman–Crippen MR) is 53.4 cm³/mol. The molecule has 1 N–H and O–H groups in total. The van der Waals surface area contributed by atoms with Gasteiger partial charge in [-0.2, -0.15) is 0 Å². The standard InChI is InChI=1S/C10H21NO/c1-10(2)6-8-11-7-4-5-9-12-3/h11H,1,4-9H2,2-3H3. The average Bonchev–Trinajstić information content (AvgIpc) is 2.02. The second-order valence-electron chi connectivity index (χ2n) is 3.16. The topological polar surface area (TPSA) is 21.3 Å². The number of ether oxygens (including phenoxy) is 1. The van der Waals surface area contributed by atoms with E-state index in [1.165, 1.54) is 12.0 Å². The third-order valence-electron chi connectivity index (χ3n) is 1.68. The zero-order valence-corrected chi connectivity index (χ0v) is 8.36. The maximum Gasteiger partial charge on any atom is 0.0462 e. The fourth-order valence-electron chi connectivity index (χ4n) is 0.923. The van der Waals surface area contributed by atoms with E-state index >= 15 is 0 Å². The monoisotopic (exact) mass is 171 g/mol. The molecule has 0 bridgehead atoms. The highest BCUT2D eigenvalue weighted by atomic mass is 16.5. The van der Waals surface area contributed by atoms with Crippen molar-refractivity contribution in [3.05, 3.63) is 12.2 Å². The van der Waals surface area contributed by atoms with Crippen LogP contribution in [0.2, 0.25) is 0 Å². The van der Waals surface area contributed by atoms with Crippen molar-refractivity contribution in [3.8, 4) is 0 Å². The Kier molecular flexibility index (Phi) is 8.51. The lowest BCUT2D eigenvalue weighted by Gasteiger charge is -2.03. The predicted octanol–water partition coefficient (Wildman–Crippen LogP) is 1.97. The fraction of sp³-hybridized carbons (Fsp3) is 0.800. The molecule has 0 aliphatic heterocycles. The van der Waals surface area contributed by atoms with Gasteiger partial charge in [-0.1, -0.05) is 5.57 Å². The molecule has 0 unspecified atom stereocenters. The summed E-state index contributed by atoms with van der Waals surface area (Å²) in [4.78, 5) is 0. The summed E-state index contributed by atoms with van der Waals surface area (Å²) in [6.45, 7) is 8.93. The van der Waals surface area contributed by atoms with Crippen molar-refractivity contribution < 1.29 is 4.74 Å². The minimum absolute atomic E-state index is 0.877. The van der Waals surface area contributed by atoms with Crippen LogP contribution in [0.3, 0.4) is 0 Å². The van der Waals surface area contributed by atoms with E-state index in [1.54, 1.807) is 7.11 Å². The molecule has 0 fully saturated rings. The van der Waals surface area contributed by atoms with Gasteiger partial charge in [-0.3, -0.25) is 0 Å². The Labute approximate surface area is 76.0 Å². The molecule has 0 atom stereocenters. The van der Waals surface area contributed by atoms with Crippen molar-refractivity contribution in [1.82, 2.24) is 5.32 Å². The van der Waals surface area contributed by atoms with Crippen LogP contribution in [-0.4, -0.2) is 26.8 Å². The van der Waals surface area contributed by atoms with Crippen LogP contribution in [0.1, 0.15) is 26.2 Å². The Morgan fingerprint density at radius 2 is 2.08 bits per heavy atom. The first kappa shape index (κ1) is 11.7. The van der Waals surface area contributed by atoms with E-state index < -0.39 is 0 Å². The summed E-state index contributed by atoms with van der Waals surface area (Å²) in [5.41, 5.74) is 1.25. The van der Waals surface area contributed by atoms with Crippen LogP contribution in [-0.2, 0) is 4.74 Å². The largest absolute Gasteiger partial charge is 0.385 e. The number of hydrogen-bond acceptors (Lipinski definition) is 2. The molecule has 2 nitrogen and oxygen atoms in total. The molecule has 12 heavy (non-hydrogen) atoms. The molecule has 0 heterocycles. The van der Waals surface area contributed by atoms with E-state index in [0.29, 0.717) is 0 Å². The van der Waals surface area contributed by atoms with Crippen molar-refractivity contribution in [1.29, 1.82) is 0 Å². The van der Waals surface area contributed by atoms with Crippen molar-refractivity contribution in [2.45, 2.75) is 26.2 Å². The fourth-order valence-corrected chi connectivity index (χ4v) is 0.923. The molecule has 0 aromatic rings. The summed E-state index contributed by atoms with van der Waals surface area (Å²) in [6.07, 6.45) is 3.44. The SMILES string of the molecule is C=C(C)CCNCCCCOC. The number of methoxy groups -OCH3 is 1. The lowest BCUT2D eigenvalue weighted by Crippen LogP contribution is -2.17. The van der Waals surface area contributed by atoms with E-state index in [0.717, 1.165) is 32.5 Å². The van der Waals surface area contributed by atoms with Gasteiger partial charge in [0.25, 0.3) is 0 Å². The molecule has 0 saturated carbocycles. The van der Waals surface area contributed by atoms with Crippen LogP contribution in [0.5, 0.6) is 0 Å². The second-order valence-corrected chi connectivity index (χ2v) is 3.16. The first-order valence-corrected chi connectivity index (χ1v) is 4.61. The van der Waals surface area contributed by atoms with Gasteiger partial charge in [-0.25, -0.2) is 0 Å². The normalized spacial score (nSPS) is 10.2. The number of hydrogen-bond donors (Lipinski definition) is 1. The third kappa shape index (κ3) is 9.66. The van der Waals surface area contributed by atoms with Gasteiger partial charge in [0.1, 0.15) is 0 Å². The average molecular weight is 171 g/mol. The van der Waals surface area contributed by atoms with Crippen LogP contribution >= 0.6 is 0 Å². The van der Waals surface area contributed by atoms with Gasteiger partial charge in [-0.15, -0.1) is 6.58 Å². The van der Waals surface area contributed by atoms with Crippen LogP contribution in [0, 0.1) is 0 Å². The first-order chi connectivity index (χ1) is 5.77. The molecule has 0 aliphatic rings. The highest BCUT2D eigenvalue weighted by molar-refractivity contribution is 4.87. The Morgan fingerprint density at radius 3 is 2.67 bits per heavy atom. The van der Waals surface area contributed by atoms with Gasteiger partial charge in [0, 0.05) is 13.7 Å². The highest BCUT2D eigenvalue weighted by Crippen LogP contribution is 1.92. The summed E-state index contributed by atoms with van der Waals surface area (Å²) in [5.74, 6) is 0. The zero-order chi connectivity index (χ0) is 9.23. The van der Waals surface area contributed by atoms with Crippen LogP contribution in [0.15, 0.2) is 12.2 Å². The molecular formula is C10H21NO. The van der Waals surface area contributed by atoms with Crippen molar-refractivity contribution in [3.63, 3.8) is 0 Å². The molecule has 0 amide bonds. The maximum atomic E-state index is 4.94. The molecule has 0 aromatic carbocycles. The summed E-state index contributed by atoms with van der Waals surface area (Å²) < 4.78 is 4.94. The Bertz CT molecular complexity index is 112. The van der Waals surface area contributed by atoms with Crippen molar-refractivity contribution in [2.75, 3.05) is 26.8 Å². The van der Waals surface area contributed by atoms with Crippen molar-refractivity contribution in [2.24, 2.45) is 0 Å². The van der Waals surface area contributed by atoms with Gasteiger partial charge in [0.05, 0.1) is 0 Å². The summed E-state index contributed by atoms with van der Waals surface area (Å²) in [5, 5.41) is 3.36. The van der Waals surface area contributed by atoms with E-state index in [2.05, 4.69) is 18.8 Å². The quantitative estimate of drug-likeness (QED) is 0.445. The number of nitrogens with one attached hydrogen (secondary N) is 1. The molecule has 0 radical (unpaired) electrons. The van der Waals surface area contributed by atoms with Crippen LogP contribution in [0.4, 0.5) is 0 Å². The molecule has 0 rings (SSSR count). The van der Waals surface area contributed by atoms with Gasteiger partial charge in [-0.05, 0) is 39.3 Å². The molecule has 0 aliphatic carbocycles. The van der Waals surface area contributed by atoms with E-state index in [4.69, 9.17) is 4.74 Å². The zero-order valence-electron chi connectivity index (χ0n) is 8.36. The van der Waals surface area contributed by atoms with Crippen LogP contribution < -0.4 is 5.32 Å². The molecular weight excluding hydrogens is 150 g/mol. The smallest absolute Gasteiger partial charge is 0.0462 e. The molecule has 0 spiro atoms. The lowest BCUT2D eigenvalue weighted by molar-refractivity contribution is 0.192. The van der Waals surface area contributed by atoms with Gasteiger partial charge in [0.2, 0.25) is 0 Å². The van der Waals surface area contributed by atoms with Gasteiger partial charge < -0.3 is 10.1 Å². The lowest BCUT2D eigenvalue weighted by atomic mass is 10.2. The molecule has 2 heteroatoms. The number of unbranched alkanes of at least 4 members (excludes halogenated alkanes) is 1. The molecule has 72 valence electrons. The third-order valence-corrected chi connectivity index (χ3v) is 1.68. The highest BCUT2D eigenvalue weighted by Gasteiger charge is 1.89. The van der Waals surface area contributed by atoms with Crippen molar-refractivity contribution >= 4 is 0 Å². The minimum Gasteiger partial charge on any atom is -0.385 e. The van der Waals surface area contributed by atoms with E-state index in [-0.39, 0.29) is 0 Å². The summed E-state index contributed by atoms with van der Waals surface area (Å²) in [7, 11) is 1.74. The first-order valence-electron chi connectivity index (χ1n) is 4.61. The number of rotatable bonds is 8. The second kappa shape index (κ2) is 8.75. The Hall–Kier alpha value is -0.340. The summed E-state index contributed by atoms with van der Waals surface area (Å²) in [6, 6.07) is 0. The summed E-state index contributed by atoms with van der Waals surface area (Å²) >= 11 is 0. The van der Waals surface area contributed by atoms with Crippen LogP contribution in [0.25, 0.3) is 0 Å². The van der Waals surface area contributed by atoms with Gasteiger partial charge >= 0.3 is 0 Å². The maximum absolute atomic E-state index is 4.94.